The Bertz CT molecular complexity index is 933. The Hall–Kier alpha value is -2.75. The van der Waals surface area contributed by atoms with E-state index in [-0.39, 0.29) is 25.0 Å². The van der Waals surface area contributed by atoms with E-state index in [0.717, 1.165) is 16.9 Å². The van der Waals surface area contributed by atoms with Crippen LogP contribution in [0.1, 0.15) is 35.3 Å². The average molecular weight is 459 g/mol. The average Bonchev–Trinajstić information content (AvgIpc) is 3.18. The molecule has 0 fully saturated rings. The molecule has 0 unspecified atom stereocenters. The van der Waals surface area contributed by atoms with Crippen molar-refractivity contribution in [2.45, 2.75) is 32.0 Å². The molecule has 0 saturated carbocycles. The van der Waals surface area contributed by atoms with Crippen molar-refractivity contribution < 1.29 is 27.5 Å². The Labute approximate surface area is 182 Å². The fourth-order valence-electron chi connectivity index (χ4n) is 3.17. The van der Waals surface area contributed by atoms with E-state index < -0.39 is 11.9 Å². The lowest BCUT2D eigenvalue weighted by Gasteiger charge is -2.23. The number of carbonyl (C=O) groups is 2. The van der Waals surface area contributed by atoms with Gasteiger partial charge in [0, 0.05) is 30.9 Å². The number of alkyl halides is 3. The molecule has 0 aliphatic carbocycles. The number of rotatable bonds is 2. The number of fused-ring (bicyclic) bond motifs is 1. The summed E-state index contributed by atoms with van der Waals surface area (Å²) in [7, 11) is 0. The van der Waals surface area contributed by atoms with Gasteiger partial charge in [-0.25, -0.2) is 0 Å². The van der Waals surface area contributed by atoms with E-state index in [4.69, 9.17) is 16.3 Å². The molecule has 0 radical (unpaired) electrons. The highest BCUT2D eigenvalue weighted by atomic mass is 35.5. The van der Waals surface area contributed by atoms with Gasteiger partial charge in [-0.1, -0.05) is 11.6 Å². The Morgan fingerprint density at radius 3 is 2.71 bits per heavy atom. The van der Waals surface area contributed by atoms with E-state index in [9.17, 15) is 22.8 Å². The zero-order valence-electron chi connectivity index (χ0n) is 16.6. The second-order valence-corrected chi connectivity index (χ2v) is 7.52. The number of benzene rings is 1. The molecule has 2 aromatic rings. The van der Waals surface area contributed by atoms with Gasteiger partial charge in [-0.15, -0.1) is 0 Å². The van der Waals surface area contributed by atoms with Crippen molar-refractivity contribution in [2.24, 2.45) is 0 Å². The monoisotopic (exact) mass is 458 g/mol. The maximum Gasteiger partial charge on any atom is 0.435 e. The third-order valence-corrected chi connectivity index (χ3v) is 4.97. The number of halogens is 4. The minimum absolute atomic E-state index is 0.256. The maximum atomic E-state index is 12.7. The second-order valence-electron chi connectivity index (χ2n) is 7.08. The predicted molar refractivity (Wildman–Crippen MR) is 107 cm³/mol. The van der Waals surface area contributed by atoms with Crippen molar-refractivity contribution in [1.29, 1.82) is 0 Å². The standard InChI is InChI=1S/C20H22ClF3N4O3/c21-14-4-5-16-15(12-14)19(30)25-7-1-2-8-27(9-3-11-31-16)18(29)13-28-10-6-17(26-28)20(22,23)24/h4-6,10,12H,1-3,7-9,11,13H2,(H,25,30). The highest BCUT2D eigenvalue weighted by Crippen LogP contribution is 2.27. The van der Waals surface area contributed by atoms with Crippen LogP contribution in [0.3, 0.4) is 0 Å². The SMILES string of the molecule is O=C1NCCCCN(C(=O)Cn2ccc(C(F)(F)F)n2)CCCOc2ccc(Cl)cc21. The van der Waals surface area contributed by atoms with E-state index in [1.54, 1.807) is 23.1 Å². The minimum Gasteiger partial charge on any atom is -0.493 e. The lowest BCUT2D eigenvalue weighted by atomic mass is 10.2. The van der Waals surface area contributed by atoms with Gasteiger partial charge in [0.25, 0.3) is 5.91 Å². The summed E-state index contributed by atoms with van der Waals surface area (Å²) in [6, 6.07) is 5.63. The first-order valence-electron chi connectivity index (χ1n) is 9.83. The van der Waals surface area contributed by atoms with Crippen LogP contribution in [0.5, 0.6) is 5.75 Å². The molecule has 3 rings (SSSR count). The largest absolute Gasteiger partial charge is 0.493 e. The zero-order valence-corrected chi connectivity index (χ0v) is 17.4. The molecule has 31 heavy (non-hydrogen) atoms. The van der Waals surface area contributed by atoms with Crippen molar-refractivity contribution in [3.63, 3.8) is 0 Å². The van der Waals surface area contributed by atoms with Gasteiger partial charge >= 0.3 is 6.18 Å². The Balaban J connectivity index is 1.64. The molecule has 1 N–H and O–H groups in total. The van der Waals surface area contributed by atoms with Crippen LogP contribution in [0.25, 0.3) is 0 Å². The third-order valence-electron chi connectivity index (χ3n) is 4.74. The van der Waals surface area contributed by atoms with E-state index in [1.165, 1.54) is 0 Å². The van der Waals surface area contributed by atoms with Crippen LogP contribution in [-0.4, -0.2) is 52.7 Å². The van der Waals surface area contributed by atoms with Crippen molar-refractivity contribution in [3.05, 3.63) is 46.7 Å². The molecule has 2 heterocycles. The molecule has 11 heteroatoms. The fourth-order valence-corrected chi connectivity index (χ4v) is 3.34. The second kappa shape index (κ2) is 10.0. The smallest absolute Gasteiger partial charge is 0.435 e. The molecule has 1 aliphatic heterocycles. The fraction of sp³-hybridized carbons (Fsp3) is 0.450. The quantitative estimate of drug-likeness (QED) is 0.748. The van der Waals surface area contributed by atoms with Crippen molar-refractivity contribution in [1.82, 2.24) is 20.0 Å². The molecule has 0 saturated heterocycles. The Morgan fingerprint density at radius 2 is 1.97 bits per heavy atom. The van der Waals surface area contributed by atoms with Gasteiger partial charge in [-0.2, -0.15) is 18.3 Å². The van der Waals surface area contributed by atoms with E-state index in [0.29, 0.717) is 55.2 Å². The zero-order chi connectivity index (χ0) is 22.4. The summed E-state index contributed by atoms with van der Waals surface area (Å²) in [5.74, 6) is -0.220. The van der Waals surface area contributed by atoms with Gasteiger partial charge < -0.3 is 15.0 Å². The molecule has 2 amide bonds. The predicted octanol–water partition coefficient (Wildman–Crippen LogP) is 3.38. The summed E-state index contributed by atoms with van der Waals surface area (Å²) in [6.45, 7) is 1.17. The molecule has 1 aromatic carbocycles. The van der Waals surface area contributed by atoms with Crippen LogP contribution in [0.2, 0.25) is 5.02 Å². The molecule has 168 valence electrons. The van der Waals surface area contributed by atoms with Gasteiger partial charge in [-0.05, 0) is 43.5 Å². The van der Waals surface area contributed by atoms with E-state index in [1.807, 2.05) is 0 Å². The molecule has 0 atom stereocenters. The van der Waals surface area contributed by atoms with E-state index >= 15 is 0 Å². The van der Waals surface area contributed by atoms with Gasteiger partial charge in [-0.3, -0.25) is 14.3 Å². The first-order chi connectivity index (χ1) is 14.7. The number of nitrogens with one attached hydrogen (secondary N) is 1. The number of aromatic nitrogens is 2. The van der Waals surface area contributed by atoms with Gasteiger partial charge in [0.2, 0.25) is 5.91 Å². The number of ether oxygens (including phenoxy) is 1. The lowest BCUT2D eigenvalue weighted by molar-refractivity contribution is -0.142. The molecule has 1 aromatic heterocycles. The van der Waals surface area contributed by atoms with Crippen LogP contribution in [0.15, 0.2) is 30.5 Å². The summed E-state index contributed by atoms with van der Waals surface area (Å²) < 4.78 is 44.8. The topological polar surface area (TPSA) is 76.5 Å². The maximum absolute atomic E-state index is 12.7. The van der Waals surface area contributed by atoms with Crippen LogP contribution >= 0.6 is 11.6 Å². The number of hydrogen-bond donors (Lipinski definition) is 1. The van der Waals surface area contributed by atoms with Crippen LogP contribution in [0, 0.1) is 0 Å². The van der Waals surface area contributed by atoms with Crippen molar-refractivity contribution >= 4 is 23.4 Å². The Morgan fingerprint density at radius 1 is 1.19 bits per heavy atom. The first kappa shape index (κ1) is 22.9. The number of amides is 2. The summed E-state index contributed by atoms with van der Waals surface area (Å²) >= 11 is 5.99. The normalized spacial score (nSPS) is 16.3. The summed E-state index contributed by atoms with van der Waals surface area (Å²) in [5.41, 5.74) is -0.688. The van der Waals surface area contributed by atoms with Crippen LogP contribution in [0.4, 0.5) is 13.2 Å². The Kier molecular flexibility index (Phi) is 7.42. The summed E-state index contributed by atoms with van der Waals surface area (Å²) in [6.07, 6.45) is -1.67. The summed E-state index contributed by atoms with van der Waals surface area (Å²) in [5, 5.41) is 6.66. The lowest BCUT2D eigenvalue weighted by Crippen LogP contribution is -2.36. The number of carbonyl (C=O) groups excluding carboxylic acids is 2. The van der Waals surface area contributed by atoms with Gasteiger partial charge in [0.05, 0.1) is 12.2 Å². The molecule has 7 nitrogen and oxygen atoms in total. The molecule has 0 spiro atoms. The minimum atomic E-state index is -4.55. The molecular weight excluding hydrogens is 437 g/mol. The number of nitrogens with zero attached hydrogens (tertiary/aromatic N) is 3. The van der Waals surface area contributed by atoms with E-state index in [2.05, 4.69) is 10.4 Å². The van der Waals surface area contributed by atoms with Crippen LogP contribution < -0.4 is 10.1 Å². The van der Waals surface area contributed by atoms with Crippen LogP contribution in [-0.2, 0) is 17.5 Å². The first-order valence-corrected chi connectivity index (χ1v) is 10.2. The van der Waals surface area contributed by atoms with Crippen molar-refractivity contribution in [3.8, 4) is 5.75 Å². The highest BCUT2D eigenvalue weighted by molar-refractivity contribution is 6.31. The highest BCUT2D eigenvalue weighted by Gasteiger charge is 2.33. The summed E-state index contributed by atoms with van der Waals surface area (Å²) in [4.78, 5) is 26.6. The van der Waals surface area contributed by atoms with Gasteiger partial charge in [0.1, 0.15) is 12.3 Å². The number of hydrogen-bond acceptors (Lipinski definition) is 4. The third kappa shape index (κ3) is 6.36. The van der Waals surface area contributed by atoms with Gasteiger partial charge in [0.15, 0.2) is 5.69 Å². The molecular formula is C20H22ClF3N4O3. The van der Waals surface area contributed by atoms with Crippen molar-refractivity contribution in [2.75, 3.05) is 26.2 Å². The molecule has 1 aliphatic rings. The molecule has 0 bridgehead atoms.